The highest BCUT2D eigenvalue weighted by Gasteiger charge is 2.22. The van der Waals surface area contributed by atoms with Gasteiger partial charge in [-0.1, -0.05) is 0 Å². The molecule has 0 aliphatic carbocycles. The zero-order valence-corrected chi connectivity index (χ0v) is 9.10. The van der Waals surface area contributed by atoms with Crippen LogP contribution in [-0.4, -0.2) is 35.1 Å². The van der Waals surface area contributed by atoms with Crippen molar-refractivity contribution in [1.29, 1.82) is 0 Å². The zero-order valence-electron chi connectivity index (χ0n) is 9.10. The lowest BCUT2D eigenvalue weighted by atomic mass is 10.1. The van der Waals surface area contributed by atoms with Gasteiger partial charge in [-0.15, -0.1) is 0 Å². The number of carboxylic acid groups (broad SMARTS) is 1. The van der Waals surface area contributed by atoms with Gasteiger partial charge in [-0.25, -0.2) is 14.2 Å². The van der Waals surface area contributed by atoms with Gasteiger partial charge < -0.3 is 10.5 Å². The number of aromatic carboxylic acids is 1. The highest BCUT2D eigenvalue weighted by Crippen LogP contribution is 2.27. The van der Waals surface area contributed by atoms with Crippen molar-refractivity contribution in [3.05, 3.63) is 33.6 Å². The van der Waals surface area contributed by atoms with Crippen molar-refractivity contribution in [1.82, 2.24) is 5.01 Å². The van der Waals surface area contributed by atoms with Gasteiger partial charge in [0.1, 0.15) is 17.1 Å². The van der Waals surface area contributed by atoms with Crippen molar-refractivity contribution in [2.75, 3.05) is 19.5 Å². The van der Waals surface area contributed by atoms with Gasteiger partial charge in [-0.2, -0.15) is 0 Å². The van der Waals surface area contributed by atoms with E-state index in [2.05, 4.69) is 5.43 Å². The number of nitrogens with zero attached hydrogens (tertiary/aromatic N) is 2. The summed E-state index contributed by atoms with van der Waals surface area (Å²) >= 11 is 0. The topological polar surface area (TPSA) is 95.7 Å². The van der Waals surface area contributed by atoms with Crippen molar-refractivity contribution in [2.24, 2.45) is 0 Å². The molecular formula is C9H10FN3O4. The van der Waals surface area contributed by atoms with Crippen molar-refractivity contribution in [3.63, 3.8) is 0 Å². The molecule has 7 nitrogen and oxygen atoms in total. The standard InChI is InChI=1S/C9H10FN3O4/c1-12(2)11-7-4-6(10)5(9(14)15)3-8(7)13(16)17/h3-4,11H,1-2H3,(H,14,15). The molecule has 0 aliphatic heterocycles. The minimum Gasteiger partial charge on any atom is -0.478 e. The second-order valence-electron chi connectivity index (χ2n) is 3.42. The fraction of sp³-hybridized carbons (Fsp3) is 0.222. The first-order valence-corrected chi connectivity index (χ1v) is 4.48. The Morgan fingerprint density at radius 1 is 1.53 bits per heavy atom. The molecule has 0 saturated heterocycles. The monoisotopic (exact) mass is 243 g/mol. The summed E-state index contributed by atoms with van der Waals surface area (Å²) in [5, 5.41) is 20.7. The third-order valence-corrected chi connectivity index (χ3v) is 1.86. The molecule has 8 heteroatoms. The first-order valence-electron chi connectivity index (χ1n) is 4.48. The Hall–Kier alpha value is -2.22. The number of nitro benzene ring substituents is 1. The smallest absolute Gasteiger partial charge is 0.338 e. The molecular weight excluding hydrogens is 233 g/mol. The van der Waals surface area contributed by atoms with Crippen molar-refractivity contribution >= 4 is 17.3 Å². The quantitative estimate of drug-likeness (QED) is 0.611. The molecule has 1 aromatic rings. The summed E-state index contributed by atoms with van der Waals surface area (Å²) < 4.78 is 13.3. The number of halogens is 1. The molecule has 0 atom stereocenters. The molecule has 0 bridgehead atoms. The summed E-state index contributed by atoms with van der Waals surface area (Å²) in [4.78, 5) is 20.6. The molecule has 92 valence electrons. The number of hydrogen-bond acceptors (Lipinski definition) is 5. The van der Waals surface area contributed by atoms with Gasteiger partial charge >= 0.3 is 5.97 Å². The zero-order chi connectivity index (χ0) is 13.2. The Morgan fingerprint density at radius 3 is 2.53 bits per heavy atom. The molecule has 1 rings (SSSR count). The van der Waals surface area contributed by atoms with E-state index >= 15 is 0 Å². The molecule has 0 unspecified atom stereocenters. The van der Waals surface area contributed by atoms with Gasteiger partial charge in [0.15, 0.2) is 0 Å². The van der Waals surface area contributed by atoms with E-state index in [0.717, 1.165) is 6.07 Å². The Labute approximate surface area is 95.6 Å². The van der Waals surface area contributed by atoms with Crippen LogP contribution in [0.25, 0.3) is 0 Å². The Balaban J connectivity index is 3.35. The number of nitrogens with one attached hydrogen (secondary N) is 1. The predicted molar refractivity (Wildman–Crippen MR) is 57.3 cm³/mol. The molecule has 2 N–H and O–H groups in total. The van der Waals surface area contributed by atoms with E-state index in [9.17, 15) is 19.3 Å². The molecule has 0 radical (unpaired) electrons. The van der Waals surface area contributed by atoms with E-state index in [0.29, 0.717) is 6.07 Å². The predicted octanol–water partition coefficient (Wildman–Crippen LogP) is 1.32. The maximum Gasteiger partial charge on any atom is 0.338 e. The summed E-state index contributed by atoms with van der Waals surface area (Å²) in [5.74, 6) is -2.59. The molecule has 0 heterocycles. The van der Waals surface area contributed by atoms with Gasteiger partial charge in [0.2, 0.25) is 0 Å². The van der Waals surface area contributed by atoms with Crippen LogP contribution in [0.4, 0.5) is 15.8 Å². The second-order valence-corrected chi connectivity index (χ2v) is 3.42. The number of rotatable bonds is 4. The van der Waals surface area contributed by atoms with Gasteiger partial charge in [-0.05, 0) is 0 Å². The molecule has 0 aliphatic rings. The minimum atomic E-state index is -1.55. The SMILES string of the molecule is CN(C)Nc1cc(F)c(C(=O)O)cc1[N+](=O)[O-]. The second kappa shape index (κ2) is 4.74. The van der Waals surface area contributed by atoms with Crippen LogP contribution in [0.15, 0.2) is 12.1 Å². The highest BCUT2D eigenvalue weighted by molar-refractivity contribution is 5.90. The van der Waals surface area contributed by atoms with E-state index in [1.165, 1.54) is 5.01 Å². The van der Waals surface area contributed by atoms with E-state index in [4.69, 9.17) is 5.11 Å². The molecule has 0 fully saturated rings. The molecule has 0 spiro atoms. The molecule has 0 aromatic heterocycles. The average Bonchev–Trinajstić information content (AvgIpc) is 2.15. The first kappa shape index (κ1) is 12.8. The number of benzene rings is 1. The van der Waals surface area contributed by atoms with Crippen LogP contribution in [0.5, 0.6) is 0 Å². The van der Waals surface area contributed by atoms with Gasteiger partial charge in [0, 0.05) is 26.2 Å². The molecule has 1 aromatic carbocycles. The number of anilines is 1. The van der Waals surface area contributed by atoms with Crippen LogP contribution in [0.2, 0.25) is 0 Å². The van der Waals surface area contributed by atoms with Gasteiger partial charge in [0.05, 0.1) is 4.92 Å². The largest absolute Gasteiger partial charge is 0.478 e. The van der Waals surface area contributed by atoms with Crippen LogP contribution >= 0.6 is 0 Å². The van der Waals surface area contributed by atoms with Crippen LogP contribution < -0.4 is 5.43 Å². The van der Waals surface area contributed by atoms with Crippen molar-refractivity contribution < 1.29 is 19.2 Å². The Bertz CT molecular complexity index is 476. The lowest BCUT2D eigenvalue weighted by Gasteiger charge is -2.14. The van der Waals surface area contributed by atoms with Crippen molar-refractivity contribution in [3.8, 4) is 0 Å². The van der Waals surface area contributed by atoms with E-state index < -0.39 is 28.0 Å². The molecule has 0 saturated carbocycles. The maximum absolute atomic E-state index is 13.3. The Kier molecular flexibility index (Phi) is 3.59. The van der Waals surface area contributed by atoms with Crippen LogP contribution in [0.3, 0.4) is 0 Å². The van der Waals surface area contributed by atoms with Crippen LogP contribution in [-0.2, 0) is 0 Å². The normalized spacial score (nSPS) is 10.4. The Morgan fingerprint density at radius 2 is 2.12 bits per heavy atom. The van der Waals surface area contributed by atoms with E-state index in [-0.39, 0.29) is 5.69 Å². The number of hydrazine groups is 1. The van der Waals surface area contributed by atoms with Crippen molar-refractivity contribution in [2.45, 2.75) is 0 Å². The lowest BCUT2D eigenvalue weighted by Crippen LogP contribution is -2.20. The van der Waals surface area contributed by atoms with E-state index in [1.807, 2.05) is 0 Å². The molecule has 0 amide bonds. The fourth-order valence-corrected chi connectivity index (χ4v) is 1.21. The van der Waals surface area contributed by atoms with Crippen LogP contribution in [0, 0.1) is 15.9 Å². The first-order chi connectivity index (χ1) is 7.82. The summed E-state index contributed by atoms with van der Waals surface area (Å²) in [6, 6.07) is 1.46. The fourth-order valence-electron chi connectivity index (χ4n) is 1.21. The summed E-state index contributed by atoms with van der Waals surface area (Å²) in [7, 11) is 3.12. The third-order valence-electron chi connectivity index (χ3n) is 1.86. The maximum atomic E-state index is 13.3. The molecule has 17 heavy (non-hydrogen) atoms. The summed E-state index contributed by atoms with van der Waals surface area (Å²) in [6.07, 6.45) is 0. The van der Waals surface area contributed by atoms with Gasteiger partial charge in [0.25, 0.3) is 5.69 Å². The highest BCUT2D eigenvalue weighted by atomic mass is 19.1. The lowest BCUT2D eigenvalue weighted by molar-refractivity contribution is -0.384. The minimum absolute atomic E-state index is 0.109. The number of hydrogen-bond donors (Lipinski definition) is 2. The number of nitro groups is 1. The third kappa shape index (κ3) is 2.88. The average molecular weight is 243 g/mol. The number of carbonyl (C=O) groups is 1. The number of carboxylic acids is 1. The van der Waals surface area contributed by atoms with Crippen LogP contribution in [0.1, 0.15) is 10.4 Å². The van der Waals surface area contributed by atoms with E-state index in [1.54, 1.807) is 14.1 Å². The summed E-state index contributed by atoms with van der Waals surface area (Å²) in [6.45, 7) is 0. The van der Waals surface area contributed by atoms with Gasteiger partial charge in [-0.3, -0.25) is 10.1 Å². The summed E-state index contributed by atoms with van der Waals surface area (Å²) in [5.41, 5.74) is 1.17.